The van der Waals surface area contributed by atoms with Crippen molar-refractivity contribution in [2.45, 2.75) is 6.16 Å². The number of hydrogen-bond acceptors (Lipinski definition) is 1. The minimum absolute atomic E-state index is 0. The van der Waals surface area contributed by atoms with Crippen LogP contribution < -0.4 is 32.3 Å². The van der Waals surface area contributed by atoms with E-state index < -0.39 is 7.41 Å². The predicted octanol–water partition coefficient (Wildman–Crippen LogP) is 4.61. The SMILES string of the molecule is [Br-].c1ccc(C[P+](c2ccccc2)(c2ccccc2)N(c2ccccc2)c2ccccc2)cc1. The molecule has 5 rings (SSSR count). The summed E-state index contributed by atoms with van der Waals surface area (Å²) in [7, 11) is -2.14. The summed E-state index contributed by atoms with van der Waals surface area (Å²) in [4.78, 5) is 0. The van der Waals surface area contributed by atoms with Gasteiger partial charge in [-0.2, -0.15) is 0 Å². The molecule has 0 aliphatic rings. The van der Waals surface area contributed by atoms with Crippen LogP contribution in [0.25, 0.3) is 0 Å². The molecule has 1 nitrogen and oxygen atoms in total. The lowest BCUT2D eigenvalue weighted by atomic mass is 10.2. The lowest BCUT2D eigenvalue weighted by Crippen LogP contribution is -3.00. The average molecular weight is 524 g/mol. The molecular formula is C31H27BrNP. The Hall–Kier alpha value is -3.19. The van der Waals surface area contributed by atoms with Crippen LogP contribution >= 0.6 is 7.41 Å². The highest BCUT2D eigenvalue weighted by atomic mass is 79.9. The van der Waals surface area contributed by atoms with E-state index in [0.717, 1.165) is 6.16 Å². The molecule has 0 amide bonds. The first-order chi connectivity index (χ1) is 16.4. The summed E-state index contributed by atoms with van der Waals surface area (Å²) in [6.07, 6.45) is 0.936. The molecule has 0 heterocycles. The molecule has 0 aliphatic heterocycles. The number of para-hydroxylation sites is 2. The van der Waals surface area contributed by atoms with E-state index >= 15 is 0 Å². The van der Waals surface area contributed by atoms with Crippen molar-refractivity contribution in [1.29, 1.82) is 0 Å². The largest absolute Gasteiger partial charge is 1.00 e. The minimum atomic E-state index is -2.14. The van der Waals surface area contributed by atoms with Gasteiger partial charge in [-0.25, -0.2) is 4.67 Å². The maximum Gasteiger partial charge on any atom is 0.180 e. The zero-order chi connectivity index (χ0) is 22.3. The molecule has 0 atom stereocenters. The molecule has 0 unspecified atom stereocenters. The van der Waals surface area contributed by atoms with Gasteiger partial charge in [0.2, 0.25) is 0 Å². The van der Waals surface area contributed by atoms with Gasteiger partial charge in [0.05, 0.1) is 11.4 Å². The summed E-state index contributed by atoms with van der Waals surface area (Å²) >= 11 is 0. The second-order valence-electron chi connectivity index (χ2n) is 8.07. The molecule has 0 bridgehead atoms. The monoisotopic (exact) mass is 523 g/mol. The number of benzene rings is 5. The Labute approximate surface area is 213 Å². The first-order valence-corrected chi connectivity index (χ1v) is 13.2. The van der Waals surface area contributed by atoms with E-state index in [4.69, 9.17) is 0 Å². The fraction of sp³-hybridized carbons (Fsp3) is 0.0323. The van der Waals surface area contributed by atoms with E-state index in [9.17, 15) is 0 Å². The Morgan fingerprint density at radius 2 is 0.735 bits per heavy atom. The zero-order valence-electron chi connectivity index (χ0n) is 18.9. The van der Waals surface area contributed by atoms with Crippen molar-refractivity contribution in [1.82, 2.24) is 0 Å². The fourth-order valence-electron chi connectivity index (χ4n) is 4.51. The minimum Gasteiger partial charge on any atom is -1.00 e. The molecule has 0 saturated carbocycles. The van der Waals surface area contributed by atoms with Crippen LogP contribution in [-0.4, -0.2) is 0 Å². The van der Waals surface area contributed by atoms with Crippen LogP contribution in [-0.2, 0) is 6.16 Å². The zero-order valence-corrected chi connectivity index (χ0v) is 21.4. The van der Waals surface area contributed by atoms with Gasteiger partial charge in [-0.3, -0.25) is 0 Å². The Balaban J connectivity index is 0.00000274. The summed E-state index contributed by atoms with van der Waals surface area (Å²) in [5.74, 6) is 0. The van der Waals surface area contributed by atoms with E-state index in [1.807, 2.05) is 0 Å². The van der Waals surface area contributed by atoms with Crippen LogP contribution in [0.1, 0.15) is 5.56 Å². The van der Waals surface area contributed by atoms with Crippen LogP contribution in [0.15, 0.2) is 152 Å². The predicted molar refractivity (Wildman–Crippen MR) is 144 cm³/mol. The van der Waals surface area contributed by atoms with Crippen LogP contribution in [0.3, 0.4) is 0 Å². The van der Waals surface area contributed by atoms with Crippen molar-refractivity contribution in [3.05, 3.63) is 157 Å². The molecule has 3 heteroatoms. The van der Waals surface area contributed by atoms with Crippen molar-refractivity contribution in [3.8, 4) is 0 Å². The second-order valence-corrected chi connectivity index (χ2v) is 11.4. The molecule has 0 spiro atoms. The normalized spacial score (nSPS) is 10.8. The van der Waals surface area contributed by atoms with Crippen molar-refractivity contribution < 1.29 is 17.0 Å². The third-order valence-corrected chi connectivity index (χ3v) is 10.2. The van der Waals surface area contributed by atoms with Gasteiger partial charge in [0.25, 0.3) is 0 Å². The van der Waals surface area contributed by atoms with Gasteiger partial charge in [-0.15, -0.1) is 0 Å². The molecule has 0 radical (unpaired) electrons. The first-order valence-electron chi connectivity index (χ1n) is 11.3. The van der Waals surface area contributed by atoms with E-state index in [0.29, 0.717) is 0 Å². The molecule has 5 aromatic carbocycles. The average Bonchev–Trinajstić information content (AvgIpc) is 2.91. The molecule has 168 valence electrons. The van der Waals surface area contributed by atoms with Gasteiger partial charge in [0.1, 0.15) is 16.8 Å². The van der Waals surface area contributed by atoms with Gasteiger partial charge >= 0.3 is 0 Å². The van der Waals surface area contributed by atoms with E-state index in [1.165, 1.54) is 27.5 Å². The van der Waals surface area contributed by atoms with Crippen LogP contribution in [0.4, 0.5) is 11.4 Å². The quantitative estimate of drug-likeness (QED) is 0.281. The number of halogens is 1. The lowest BCUT2D eigenvalue weighted by molar-refractivity contribution is -0.00000639. The number of anilines is 2. The fourth-order valence-corrected chi connectivity index (χ4v) is 8.90. The van der Waals surface area contributed by atoms with Gasteiger partial charge in [-0.1, -0.05) is 103 Å². The smallest absolute Gasteiger partial charge is 0.180 e. The van der Waals surface area contributed by atoms with Crippen molar-refractivity contribution >= 4 is 29.4 Å². The number of rotatable bonds is 7. The highest BCUT2D eigenvalue weighted by Gasteiger charge is 2.50. The van der Waals surface area contributed by atoms with E-state index in [-0.39, 0.29) is 17.0 Å². The maximum absolute atomic E-state index is 2.62. The van der Waals surface area contributed by atoms with Crippen molar-refractivity contribution in [2.75, 3.05) is 4.67 Å². The van der Waals surface area contributed by atoms with Crippen LogP contribution in [0.2, 0.25) is 0 Å². The standard InChI is InChI=1S/C31H27NP.BrH/c1-6-16-27(17-7-1)26-33(30-22-12-4-13-23-30,31-24-14-5-15-25-31)32(28-18-8-2-9-19-28)29-20-10-3-11-21-29;/h1-25H,26H2;1H/q+1;/p-1. The first kappa shape index (κ1) is 24.0. The maximum atomic E-state index is 2.62. The molecule has 0 N–H and O–H groups in total. The summed E-state index contributed by atoms with van der Waals surface area (Å²) in [5.41, 5.74) is 3.76. The van der Waals surface area contributed by atoms with Crippen LogP contribution in [0, 0.1) is 0 Å². The molecule has 34 heavy (non-hydrogen) atoms. The van der Waals surface area contributed by atoms with Crippen molar-refractivity contribution in [3.63, 3.8) is 0 Å². The number of hydrogen-bond donors (Lipinski definition) is 0. The van der Waals surface area contributed by atoms with Gasteiger partial charge in [-0.05, 0) is 54.1 Å². The third-order valence-electron chi connectivity index (χ3n) is 5.96. The van der Waals surface area contributed by atoms with Gasteiger partial charge in [0, 0.05) is 0 Å². The second kappa shape index (κ2) is 11.3. The molecule has 0 saturated heterocycles. The van der Waals surface area contributed by atoms with E-state index in [2.05, 4.69) is 156 Å². The summed E-state index contributed by atoms with van der Waals surface area (Å²) in [5, 5.41) is 2.74. The highest BCUT2D eigenvalue weighted by molar-refractivity contribution is 7.90. The van der Waals surface area contributed by atoms with E-state index in [1.54, 1.807) is 0 Å². The Kier molecular flexibility index (Phi) is 7.95. The van der Waals surface area contributed by atoms with Gasteiger partial charge in [0.15, 0.2) is 7.41 Å². The Morgan fingerprint density at radius 3 is 1.12 bits per heavy atom. The third kappa shape index (κ3) is 4.85. The molecule has 5 aromatic rings. The van der Waals surface area contributed by atoms with Crippen LogP contribution in [0.5, 0.6) is 0 Å². The molecule has 0 aliphatic carbocycles. The van der Waals surface area contributed by atoms with Gasteiger partial charge < -0.3 is 17.0 Å². The Bertz CT molecular complexity index is 1180. The number of nitrogens with zero attached hydrogens (tertiary/aromatic N) is 1. The summed E-state index contributed by atoms with van der Waals surface area (Å²) < 4.78 is 2.62. The lowest BCUT2D eigenvalue weighted by Gasteiger charge is -2.38. The summed E-state index contributed by atoms with van der Waals surface area (Å²) in [6, 6.07) is 54.7. The topological polar surface area (TPSA) is 3.24 Å². The van der Waals surface area contributed by atoms with Crippen molar-refractivity contribution in [2.24, 2.45) is 0 Å². The molecule has 0 fully saturated rings. The molecule has 0 aromatic heterocycles. The summed E-state index contributed by atoms with van der Waals surface area (Å²) in [6.45, 7) is 0. The Morgan fingerprint density at radius 1 is 0.412 bits per heavy atom. The molecular weight excluding hydrogens is 497 g/mol. The highest BCUT2D eigenvalue weighted by Crippen LogP contribution is 2.66.